The number of hydrogen-bond acceptors (Lipinski definition) is 8. The van der Waals surface area contributed by atoms with Crippen LogP contribution in [0.15, 0.2) is 76.5 Å². The number of rotatable bonds is 7. The van der Waals surface area contributed by atoms with Gasteiger partial charge in [0, 0.05) is 5.69 Å². The standard InChI is InChI=1S/C28H29F3N2O8S2/c1-18-8-11-22(12-9-18)43(37,38)39-17-21-16-33(42(35,36)23-7-5-6-19(14-23)28(29,30)31)24-15-20(10-13-25(24)40-21)32-26(34)41-27(2,3)4/h5-15,21H,16-17H2,1-4H3,(H,32,34)/t21-/m1/s1. The molecule has 10 nitrogen and oxygen atoms in total. The molecule has 1 heterocycles. The van der Waals surface area contributed by atoms with Crippen LogP contribution in [0.25, 0.3) is 0 Å². The zero-order chi connectivity index (χ0) is 31.8. The minimum absolute atomic E-state index is 0.0436. The van der Waals surface area contributed by atoms with E-state index in [-0.39, 0.29) is 22.0 Å². The fraction of sp³-hybridized carbons (Fsp3) is 0.321. The number of nitrogens with zero attached hydrogens (tertiary/aromatic N) is 1. The van der Waals surface area contributed by atoms with Crippen LogP contribution in [0.2, 0.25) is 0 Å². The number of aryl methyl sites for hydroxylation is 1. The first-order valence-electron chi connectivity index (χ1n) is 12.8. The molecule has 0 saturated heterocycles. The van der Waals surface area contributed by atoms with E-state index in [9.17, 15) is 34.8 Å². The van der Waals surface area contributed by atoms with E-state index < -0.39 is 67.7 Å². The number of amides is 1. The maximum atomic E-state index is 13.8. The zero-order valence-electron chi connectivity index (χ0n) is 23.5. The SMILES string of the molecule is Cc1ccc(S(=O)(=O)OC[C@H]2CN(S(=O)(=O)c3cccc(C(F)(F)F)c3)c3cc(NC(=O)OC(C)(C)C)ccc3O2)cc1. The molecule has 0 fully saturated rings. The molecule has 0 spiro atoms. The number of ether oxygens (including phenoxy) is 2. The van der Waals surface area contributed by atoms with Gasteiger partial charge in [-0.25, -0.2) is 13.2 Å². The van der Waals surface area contributed by atoms with E-state index in [0.717, 1.165) is 28.1 Å². The predicted molar refractivity (Wildman–Crippen MR) is 151 cm³/mol. The fourth-order valence-electron chi connectivity index (χ4n) is 4.02. The van der Waals surface area contributed by atoms with Crippen LogP contribution in [0.4, 0.5) is 29.3 Å². The first kappa shape index (κ1) is 32.1. The molecule has 0 bridgehead atoms. The van der Waals surface area contributed by atoms with Crippen molar-refractivity contribution in [2.75, 3.05) is 22.8 Å². The molecule has 3 aromatic rings. The van der Waals surface area contributed by atoms with Gasteiger partial charge in [0.15, 0.2) is 0 Å². The van der Waals surface area contributed by atoms with Crippen LogP contribution in [0.3, 0.4) is 0 Å². The zero-order valence-corrected chi connectivity index (χ0v) is 25.1. The Morgan fingerprint density at radius 3 is 2.28 bits per heavy atom. The van der Waals surface area contributed by atoms with E-state index in [1.54, 1.807) is 39.8 Å². The van der Waals surface area contributed by atoms with Crippen molar-refractivity contribution < 1.29 is 48.5 Å². The molecule has 1 aliphatic heterocycles. The van der Waals surface area contributed by atoms with Crippen molar-refractivity contribution in [3.05, 3.63) is 77.9 Å². The van der Waals surface area contributed by atoms with E-state index in [1.807, 2.05) is 0 Å². The summed E-state index contributed by atoms with van der Waals surface area (Å²) >= 11 is 0. The maximum Gasteiger partial charge on any atom is 0.416 e. The summed E-state index contributed by atoms with van der Waals surface area (Å²) in [5.41, 5.74) is -1.18. The highest BCUT2D eigenvalue weighted by Crippen LogP contribution is 2.40. The van der Waals surface area contributed by atoms with Gasteiger partial charge in [0.05, 0.1) is 27.6 Å². The number of sulfonamides is 1. The molecule has 0 saturated carbocycles. The first-order valence-corrected chi connectivity index (χ1v) is 15.7. The van der Waals surface area contributed by atoms with Crippen LogP contribution < -0.4 is 14.4 Å². The quantitative estimate of drug-likeness (QED) is 0.324. The molecular weight excluding hydrogens is 613 g/mol. The average Bonchev–Trinajstić information content (AvgIpc) is 2.90. The lowest BCUT2D eigenvalue weighted by atomic mass is 10.2. The molecular formula is C28H29F3N2O8S2. The molecule has 1 N–H and O–H groups in total. The summed E-state index contributed by atoms with van der Waals surface area (Å²) in [6, 6.07) is 13.1. The van der Waals surface area contributed by atoms with Crippen molar-refractivity contribution in [1.82, 2.24) is 0 Å². The lowest BCUT2D eigenvalue weighted by Gasteiger charge is -2.35. The van der Waals surface area contributed by atoms with Gasteiger partial charge < -0.3 is 9.47 Å². The van der Waals surface area contributed by atoms with Crippen LogP contribution in [-0.4, -0.2) is 47.8 Å². The van der Waals surface area contributed by atoms with Crippen molar-refractivity contribution in [1.29, 1.82) is 0 Å². The van der Waals surface area contributed by atoms with E-state index >= 15 is 0 Å². The highest BCUT2D eigenvalue weighted by Gasteiger charge is 2.38. The third-order valence-electron chi connectivity index (χ3n) is 6.00. The molecule has 0 radical (unpaired) electrons. The van der Waals surface area contributed by atoms with Crippen molar-refractivity contribution in [2.45, 2.75) is 55.4 Å². The third kappa shape index (κ3) is 7.77. The van der Waals surface area contributed by atoms with Gasteiger partial charge in [-0.2, -0.15) is 21.6 Å². The molecule has 0 unspecified atom stereocenters. The minimum atomic E-state index is -4.81. The molecule has 15 heteroatoms. The van der Waals surface area contributed by atoms with Crippen LogP contribution in [0.5, 0.6) is 5.75 Å². The normalized spacial score (nSPS) is 15.8. The summed E-state index contributed by atoms with van der Waals surface area (Å²) in [7, 11) is -8.92. The molecule has 4 rings (SSSR count). The van der Waals surface area contributed by atoms with E-state index in [2.05, 4.69) is 5.32 Å². The number of anilines is 2. The van der Waals surface area contributed by atoms with Gasteiger partial charge in [-0.05, 0) is 76.2 Å². The highest BCUT2D eigenvalue weighted by molar-refractivity contribution is 7.92. The van der Waals surface area contributed by atoms with Crippen LogP contribution >= 0.6 is 0 Å². The second-order valence-electron chi connectivity index (χ2n) is 10.7. The topological polar surface area (TPSA) is 128 Å². The highest BCUT2D eigenvalue weighted by atomic mass is 32.2. The van der Waals surface area contributed by atoms with Gasteiger partial charge in [0.2, 0.25) is 0 Å². The third-order valence-corrected chi connectivity index (χ3v) is 9.08. The second-order valence-corrected chi connectivity index (χ2v) is 14.1. The van der Waals surface area contributed by atoms with E-state index in [0.29, 0.717) is 6.07 Å². The lowest BCUT2D eigenvalue weighted by Crippen LogP contribution is -2.45. The molecule has 232 valence electrons. The summed E-state index contributed by atoms with van der Waals surface area (Å²) in [6.07, 6.45) is -6.82. The van der Waals surface area contributed by atoms with Crippen LogP contribution in [0.1, 0.15) is 31.9 Å². The average molecular weight is 643 g/mol. The van der Waals surface area contributed by atoms with E-state index in [4.69, 9.17) is 13.7 Å². The number of benzene rings is 3. The van der Waals surface area contributed by atoms with Gasteiger partial charge in [0.1, 0.15) is 24.1 Å². The van der Waals surface area contributed by atoms with E-state index in [1.165, 1.54) is 30.3 Å². The first-order chi connectivity index (χ1) is 19.8. The van der Waals surface area contributed by atoms with Crippen molar-refractivity contribution in [2.24, 2.45) is 0 Å². The lowest BCUT2D eigenvalue weighted by molar-refractivity contribution is -0.137. The maximum absolute atomic E-state index is 13.8. The van der Waals surface area contributed by atoms with Crippen molar-refractivity contribution >= 4 is 37.6 Å². The van der Waals surface area contributed by atoms with Gasteiger partial charge in [-0.15, -0.1) is 0 Å². The Bertz CT molecular complexity index is 1720. The number of halogens is 3. The van der Waals surface area contributed by atoms with Gasteiger partial charge >= 0.3 is 12.3 Å². The number of hydrogen-bond donors (Lipinski definition) is 1. The predicted octanol–water partition coefficient (Wildman–Crippen LogP) is 5.72. The van der Waals surface area contributed by atoms with Gasteiger partial charge in [0.25, 0.3) is 20.1 Å². The Morgan fingerprint density at radius 1 is 0.977 bits per heavy atom. The Balaban J connectivity index is 1.69. The molecule has 43 heavy (non-hydrogen) atoms. The fourth-order valence-corrected chi connectivity index (χ4v) is 6.51. The summed E-state index contributed by atoms with van der Waals surface area (Å²) in [5, 5.41) is 2.48. The minimum Gasteiger partial charge on any atom is -0.484 e. The number of nitrogens with one attached hydrogen (secondary N) is 1. The molecule has 1 amide bonds. The molecule has 1 atom stereocenters. The number of fused-ring (bicyclic) bond motifs is 1. The monoisotopic (exact) mass is 642 g/mol. The largest absolute Gasteiger partial charge is 0.484 e. The summed E-state index contributed by atoms with van der Waals surface area (Å²) in [6.45, 7) is 5.60. The number of carbonyl (C=O) groups is 1. The molecule has 0 aromatic heterocycles. The summed E-state index contributed by atoms with van der Waals surface area (Å²) in [4.78, 5) is 11.5. The Labute approximate surface area is 247 Å². The van der Waals surface area contributed by atoms with Crippen LogP contribution in [0, 0.1) is 6.92 Å². The smallest absolute Gasteiger partial charge is 0.416 e. The molecule has 3 aromatic carbocycles. The Hall–Kier alpha value is -3.82. The van der Waals surface area contributed by atoms with Crippen molar-refractivity contribution in [3.8, 4) is 5.75 Å². The van der Waals surface area contributed by atoms with Crippen LogP contribution in [-0.2, 0) is 35.2 Å². The second kappa shape index (κ2) is 11.7. The number of carbonyl (C=O) groups excluding carboxylic acids is 1. The van der Waals surface area contributed by atoms with Crippen molar-refractivity contribution in [3.63, 3.8) is 0 Å². The van der Waals surface area contributed by atoms with Gasteiger partial charge in [-0.3, -0.25) is 13.8 Å². The Morgan fingerprint density at radius 2 is 1.65 bits per heavy atom. The number of alkyl halides is 3. The summed E-state index contributed by atoms with van der Waals surface area (Å²) < 4.78 is 110. The molecule has 1 aliphatic rings. The summed E-state index contributed by atoms with van der Waals surface area (Å²) in [5.74, 6) is -0.0436. The van der Waals surface area contributed by atoms with Gasteiger partial charge in [-0.1, -0.05) is 23.8 Å². The Kier molecular flexibility index (Phi) is 8.73. The molecule has 0 aliphatic carbocycles.